The van der Waals surface area contributed by atoms with Crippen LogP contribution < -0.4 is 0 Å². The Bertz CT molecular complexity index is 668. The largest absolute Gasteiger partial charge is 0.463 e. The molecule has 1 aromatic carbocycles. The fourth-order valence-electron chi connectivity index (χ4n) is 1.90. The summed E-state index contributed by atoms with van der Waals surface area (Å²) in [6.07, 6.45) is 3.85. The summed E-state index contributed by atoms with van der Waals surface area (Å²) >= 11 is 0. The molecular weight excluding hydrogens is 336 g/mol. The molecular formula is C19H24N2O5. The monoisotopic (exact) mass is 360 g/mol. The first-order valence-corrected chi connectivity index (χ1v) is 8.52. The topological polar surface area (TPSA) is 85.3 Å². The number of nitrogens with zero attached hydrogens (tertiary/aromatic N) is 2. The van der Waals surface area contributed by atoms with Gasteiger partial charge in [0.2, 0.25) is 0 Å². The quantitative estimate of drug-likeness (QED) is 0.292. The molecule has 0 spiro atoms. The normalized spacial score (nSPS) is 11.3. The molecule has 140 valence electrons. The number of unbranched alkanes of at least 4 members (excludes halogenated alkanes) is 1. The molecule has 0 aliphatic carbocycles. The van der Waals surface area contributed by atoms with E-state index in [1.165, 1.54) is 6.21 Å². The van der Waals surface area contributed by atoms with E-state index in [0.717, 1.165) is 17.5 Å². The molecule has 0 bridgehead atoms. The van der Waals surface area contributed by atoms with Crippen molar-refractivity contribution in [2.45, 2.75) is 33.6 Å². The van der Waals surface area contributed by atoms with E-state index in [9.17, 15) is 14.4 Å². The van der Waals surface area contributed by atoms with Gasteiger partial charge in [0, 0.05) is 11.8 Å². The number of hydrazone groups is 1. The third kappa shape index (κ3) is 6.51. The minimum absolute atomic E-state index is 0.0883. The van der Waals surface area contributed by atoms with Gasteiger partial charge in [0.25, 0.3) is 5.91 Å². The highest BCUT2D eigenvalue weighted by Crippen LogP contribution is 2.14. The summed E-state index contributed by atoms with van der Waals surface area (Å²) in [6.45, 7) is 5.45. The number of rotatable bonds is 9. The van der Waals surface area contributed by atoms with Crippen LogP contribution in [0.5, 0.6) is 0 Å². The van der Waals surface area contributed by atoms with Gasteiger partial charge in [-0.25, -0.2) is 9.59 Å². The molecule has 1 aromatic rings. The number of ether oxygens (including phenoxy) is 2. The fourth-order valence-corrected chi connectivity index (χ4v) is 1.90. The lowest BCUT2D eigenvalue weighted by Gasteiger charge is -2.19. The van der Waals surface area contributed by atoms with E-state index >= 15 is 0 Å². The van der Waals surface area contributed by atoms with Gasteiger partial charge in [-0.1, -0.05) is 31.5 Å². The van der Waals surface area contributed by atoms with E-state index < -0.39 is 17.8 Å². The summed E-state index contributed by atoms with van der Waals surface area (Å²) in [6, 6.07) is 8.35. The van der Waals surface area contributed by atoms with Gasteiger partial charge in [-0.15, -0.1) is 0 Å². The first-order chi connectivity index (χ1) is 12.5. The molecule has 1 amide bonds. The van der Waals surface area contributed by atoms with E-state index in [4.69, 9.17) is 9.47 Å². The zero-order valence-corrected chi connectivity index (χ0v) is 15.3. The molecule has 0 unspecified atom stereocenters. The maximum absolute atomic E-state index is 12.8. The smallest absolute Gasteiger partial charge is 0.357 e. The minimum Gasteiger partial charge on any atom is -0.463 e. The maximum Gasteiger partial charge on any atom is 0.357 e. The Morgan fingerprint density at radius 2 is 1.69 bits per heavy atom. The number of amides is 1. The van der Waals surface area contributed by atoms with Gasteiger partial charge in [0.05, 0.1) is 19.3 Å². The van der Waals surface area contributed by atoms with E-state index in [1.807, 2.05) is 6.92 Å². The molecule has 0 saturated heterocycles. The van der Waals surface area contributed by atoms with Gasteiger partial charge in [-0.3, -0.25) is 4.79 Å². The lowest BCUT2D eigenvalue weighted by atomic mass is 10.2. The predicted molar refractivity (Wildman–Crippen MR) is 97.4 cm³/mol. The van der Waals surface area contributed by atoms with Crippen LogP contribution in [0.4, 0.5) is 0 Å². The molecule has 0 aromatic heterocycles. The van der Waals surface area contributed by atoms with Gasteiger partial charge in [-0.2, -0.15) is 10.1 Å². The molecule has 0 aliphatic heterocycles. The van der Waals surface area contributed by atoms with E-state index in [0.29, 0.717) is 12.0 Å². The Hall–Kier alpha value is -2.96. The van der Waals surface area contributed by atoms with Crippen molar-refractivity contribution in [3.63, 3.8) is 0 Å². The molecule has 1 rings (SSSR count). The minimum atomic E-state index is -0.835. The average Bonchev–Trinajstić information content (AvgIpc) is 2.64. The Morgan fingerprint density at radius 1 is 1.04 bits per heavy atom. The molecule has 0 saturated carbocycles. The standard InChI is InChI=1S/C19H24N2O5/c1-4-7-13-20-21(18(23)15-11-9-8-10-12-15)16(19(24)26-6-3)14-17(22)25-5-2/h8-14H,4-7H2,1-3H3/b16-14-,20-13+. The number of hydrogen-bond donors (Lipinski definition) is 0. The highest BCUT2D eigenvalue weighted by Gasteiger charge is 2.27. The van der Waals surface area contributed by atoms with Crippen LogP contribution in [-0.2, 0) is 19.1 Å². The second-order valence-corrected chi connectivity index (χ2v) is 5.07. The third-order valence-corrected chi connectivity index (χ3v) is 3.08. The molecule has 0 atom stereocenters. The molecule has 0 heterocycles. The predicted octanol–water partition coefficient (Wildman–Crippen LogP) is 2.92. The van der Waals surface area contributed by atoms with Crippen molar-refractivity contribution in [2.24, 2.45) is 5.10 Å². The van der Waals surface area contributed by atoms with Crippen molar-refractivity contribution in [3.8, 4) is 0 Å². The zero-order valence-electron chi connectivity index (χ0n) is 15.3. The molecule has 0 aliphatic rings. The van der Waals surface area contributed by atoms with Crippen LogP contribution in [0, 0.1) is 0 Å². The van der Waals surface area contributed by atoms with E-state index in [-0.39, 0.29) is 18.9 Å². The van der Waals surface area contributed by atoms with Gasteiger partial charge in [0.15, 0.2) is 5.70 Å². The fraction of sp³-hybridized carbons (Fsp3) is 0.368. The zero-order chi connectivity index (χ0) is 19.4. The lowest BCUT2D eigenvalue weighted by Crippen LogP contribution is -2.31. The lowest BCUT2D eigenvalue weighted by molar-refractivity contribution is -0.142. The molecule has 26 heavy (non-hydrogen) atoms. The molecule has 0 radical (unpaired) electrons. The summed E-state index contributed by atoms with van der Waals surface area (Å²) < 4.78 is 9.82. The van der Waals surface area contributed by atoms with Crippen molar-refractivity contribution in [3.05, 3.63) is 47.7 Å². The third-order valence-electron chi connectivity index (χ3n) is 3.08. The highest BCUT2D eigenvalue weighted by atomic mass is 16.5. The summed E-state index contributed by atoms with van der Waals surface area (Å²) in [5, 5.41) is 4.96. The number of hydrogen-bond acceptors (Lipinski definition) is 6. The van der Waals surface area contributed by atoms with E-state index in [1.54, 1.807) is 44.2 Å². The molecule has 7 nitrogen and oxygen atoms in total. The summed E-state index contributed by atoms with van der Waals surface area (Å²) in [5.41, 5.74) is 0.0201. The van der Waals surface area contributed by atoms with Gasteiger partial charge >= 0.3 is 11.9 Å². The van der Waals surface area contributed by atoms with Crippen LogP contribution in [0.3, 0.4) is 0 Å². The van der Waals surface area contributed by atoms with Gasteiger partial charge in [-0.05, 0) is 32.4 Å². The number of carbonyl (C=O) groups excluding carboxylic acids is 3. The number of esters is 2. The highest BCUT2D eigenvalue weighted by molar-refractivity contribution is 6.03. The van der Waals surface area contributed by atoms with Crippen LogP contribution in [0.15, 0.2) is 47.2 Å². The Balaban J connectivity index is 3.33. The van der Waals surface area contributed by atoms with Crippen LogP contribution in [-0.4, -0.2) is 42.3 Å². The second kappa shape index (κ2) is 11.6. The number of carbonyl (C=O) groups is 3. The SMILES string of the molecule is CCC/C=N/N(C(=O)c1ccccc1)/C(=C\C(=O)OCC)C(=O)OCC. The first-order valence-electron chi connectivity index (χ1n) is 8.52. The van der Waals surface area contributed by atoms with Gasteiger partial charge in [0.1, 0.15) is 0 Å². The number of benzene rings is 1. The second-order valence-electron chi connectivity index (χ2n) is 5.07. The average molecular weight is 360 g/mol. The van der Waals surface area contributed by atoms with Crippen LogP contribution >= 0.6 is 0 Å². The van der Waals surface area contributed by atoms with Crippen LogP contribution in [0.2, 0.25) is 0 Å². The Kier molecular flexibility index (Phi) is 9.38. The summed E-state index contributed by atoms with van der Waals surface area (Å²) in [5.74, 6) is -2.15. The summed E-state index contributed by atoms with van der Waals surface area (Å²) in [4.78, 5) is 37.0. The first kappa shape index (κ1) is 21.1. The van der Waals surface area contributed by atoms with Crippen molar-refractivity contribution in [1.29, 1.82) is 0 Å². The Labute approximate surface area is 153 Å². The van der Waals surface area contributed by atoms with Crippen molar-refractivity contribution < 1.29 is 23.9 Å². The van der Waals surface area contributed by atoms with Crippen LogP contribution in [0.25, 0.3) is 0 Å². The summed E-state index contributed by atoms with van der Waals surface area (Å²) in [7, 11) is 0. The van der Waals surface area contributed by atoms with Crippen molar-refractivity contribution >= 4 is 24.1 Å². The molecule has 0 N–H and O–H groups in total. The van der Waals surface area contributed by atoms with Gasteiger partial charge < -0.3 is 9.47 Å². The maximum atomic E-state index is 12.8. The van der Waals surface area contributed by atoms with Crippen molar-refractivity contribution in [2.75, 3.05) is 13.2 Å². The van der Waals surface area contributed by atoms with E-state index in [2.05, 4.69) is 5.10 Å². The molecule has 7 heteroatoms. The van der Waals surface area contributed by atoms with Crippen LogP contribution in [0.1, 0.15) is 44.0 Å². The Morgan fingerprint density at radius 3 is 2.27 bits per heavy atom. The molecule has 0 fully saturated rings. The van der Waals surface area contributed by atoms with Crippen molar-refractivity contribution in [1.82, 2.24) is 5.01 Å².